The Hall–Kier alpha value is -0.226. The summed E-state index contributed by atoms with van der Waals surface area (Å²) in [6.45, 7) is 22.4. The summed E-state index contributed by atoms with van der Waals surface area (Å²) in [7, 11) is -3.40. The van der Waals surface area contributed by atoms with E-state index in [0.717, 1.165) is 0 Å². The van der Waals surface area contributed by atoms with Gasteiger partial charge in [-0.3, -0.25) is 0 Å². The van der Waals surface area contributed by atoms with E-state index in [1.54, 1.807) is 12.5 Å². The zero-order valence-corrected chi connectivity index (χ0v) is 16.0. The van der Waals surface area contributed by atoms with Crippen LogP contribution >= 0.6 is 0 Å². The molecule has 0 aliphatic rings. The number of rotatable bonds is 4. The van der Waals surface area contributed by atoms with E-state index >= 15 is 0 Å². The zero-order valence-electron chi connectivity index (χ0n) is 14.0. The molecule has 0 saturated heterocycles. The minimum Gasteiger partial charge on any atom is -0.546 e. The standard InChI is InChI=1S/C14H32O2Si2/c1-13(2,3)17(7,8)15-11-12-16-18(9,10)14(4,5)6/h11-12H,1-10H3/b12-11-. The van der Waals surface area contributed by atoms with Crippen LogP contribution < -0.4 is 0 Å². The van der Waals surface area contributed by atoms with Crippen molar-refractivity contribution in [3.05, 3.63) is 12.5 Å². The van der Waals surface area contributed by atoms with Gasteiger partial charge >= 0.3 is 0 Å². The van der Waals surface area contributed by atoms with Gasteiger partial charge in [0.1, 0.15) is 0 Å². The molecule has 0 bridgehead atoms. The van der Waals surface area contributed by atoms with Gasteiger partial charge in [0.25, 0.3) is 0 Å². The highest BCUT2D eigenvalue weighted by Crippen LogP contribution is 2.38. The van der Waals surface area contributed by atoms with Gasteiger partial charge < -0.3 is 8.85 Å². The smallest absolute Gasteiger partial charge is 0.249 e. The second-order valence-corrected chi connectivity index (χ2v) is 17.5. The van der Waals surface area contributed by atoms with Crippen LogP contribution in [0.4, 0.5) is 0 Å². The summed E-state index contributed by atoms with van der Waals surface area (Å²) < 4.78 is 11.9. The number of hydrogen-bond acceptors (Lipinski definition) is 2. The predicted octanol–water partition coefficient (Wildman–Crippen LogP) is 5.50. The van der Waals surface area contributed by atoms with E-state index in [9.17, 15) is 0 Å². The molecule has 0 heterocycles. The second-order valence-electron chi connectivity index (χ2n) is 8.03. The Kier molecular flexibility index (Phi) is 5.34. The van der Waals surface area contributed by atoms with E-state index in [1.807, 2.05) is 0 Å². The summed E-state index contributed by atoms with van der Waals surface area (Å²) in [4.78, 5) is 0. The van der Waals surface area contributed by atoms with E-state index < -0.39 is 16.6 Å². The van der Waals surface area contributed by atoms with Gasteiger partial charge in [0.2, 0.25) is 16.6 Å². The third-order valence-corrected chi connectivity index (χ3v) is 13.1. The van der Waals surface area contributed by atoms with Crippen molar-refractivity contribution in [2.75, 3.05) is 0 Å². The maximum atomic E-state index is 5.96. The van der Waals surface area contributed by atoms with Crippen LogP contribution in [0.3, 0.4) is 0 Å². The Morgan fingerprint density at radius 1 is 0.611 bits per heavy atom. The van der Waals surface area contributed by atoms with Gasteiger partial charge in [-0.05, 0) is 36.3 Å². The van der Waals surface area contributed by atoms with Gasteiger partial charge in [-0.25, -0.2) is 0 Å². The van der Waals surface area contributed by atoms with Crippen molar-refractivity contribution in [2.45, 2.75) is 77.8 Å². The van der Waals surface area contributed by atoms with E-state index in [4.69, 9.17) is 8.85 Å². The molecule has 0 aromatic carbocycles. The second kappa shape index (κ2) is 5.41. The molecule has 0 N–H and O–H groups in total. The molecule has 4 heteroatoms. The first kappa shape index (κ1) is 17.8. The molecular formula is C14H32O2Si2. The van der Waals surface area contributed by atoms with Crippen molar-refractivity contribution < 1.29 is 8.85 Å². The Morgan fingerprint density at radius 2 is 0.833 bits per heavy atom. The zero-order chi connectivity index (χ0) is 14.8. The lowest BCUT2D eigenvalue weighted by atomic mass is 10.2. The van der Waals surface area contributed by atoms with E-state index in [2.05, 4.69) is 67.7 Å². The van der Waals surface area contributed by atoms with Crippen LogP contribution in [0.1, 0.15) is 41.5 Å². The summed E-state index contributed by atoms with van der Waals surface area (Å²) in [5, 5.41) is 0.461. The predicted molar refractivity (Wildman–Crippen MR) is 85.7 cm³/mol. The summed E-state index contributed by atoms with van der Waals surface area (Å²) in [5.41, 5.74) is 0. The molecule has 0 unspecified atom stereocenters. The van der Waals surface area contributed by atoms with Crippen LogP contribution in [0, 0.1) is 0 Å². The molecule has 0 saturated carbocycles. The largest absolute Gasteiger partial charge is 0.546 e. The molecule has 0 aromatic rings. The molecule has 18 heavy (non-hydrogen) atoms. The maximum absolute atomic E-state index is 5.96. The molecule has 0 spiro atoms. The van der Waals surface area contributed by atoms with Gasteiger partial charge in [0, 0.05) is 0 Å². The highest BCUT2D eigenvalue weighted by atomic mass is 28.4. The minimum atomic E-state index is -1.70. The molecule has 0 radical (unpaired) electrons. The normalized spacial score (nSPS) is 15.0. The van der Waals surface area contributed by atoms with E-state index in [1.165, 1.54) is 0 Å². The summed E-state index contributed by atoms with van der Waals surface area (Å²) in [6, 6.07) is 0. The molecule has 0 atom stereocenters. The fraction of sp³-hybridized carbons (Fsp3) is 0.857. The van der Waals surface area contributed by atoms with E-state index in [-0.39, 0.29) is 10.1 Å². The molecule has 108 valence electrons. The van der Waals surface area contributed by atoms with Gasteiger partial charge in [-0.15, -0.1) is 0 Å². The molecule has 0 amide bonds. The Labute approximate surface area is 116 Å². The maximum Gasteiger partial charge on any atom is 0.249 e. The third-order valence-electron chi connectivity index (χ3n) is 4.39. The molecule has 0 aliphatic carbocycles. The first-order chi connectivity index (χ1) is 7.71. The van der Waals surface area contributed by atoms with Crippen LogP contribution in [-0.2, 0) is 8.85 Å². The van der Waals surface area contributed by atoms with Gasteiger partial charge in [0.05, 0.1) is 12.5 Å². The van der Waals surface area contributed by atoms with Crippen LogP contribution in [0.15, 0.2) is 12.5 Å². The van der Waals surface area contributed by atoms with Crippen molar-refractivity contribution in [3.63, 3.8) is 0 Å². The van der Waals surface area contributed by atoms with Gasteiger partial charge in [-0.1, -0.05) is 41.5 Å². The molecule has 0 aromatic heterocycles. The van der Waals surface area contributed by atoms with Crippen LogP contribution in [0.5, 0.6) is 0 Å². The summed E-state index contributed by atoms with van der Waals surface area (Å²) in [6.07, 6.45) is 3.52. The monoisotopic (exact) mass is 288 g/mol. The molecule has 0 fully saturated rings. The highest BCUT2D eigenvalue weighted by Gasteiger charge is 2.39. The molecule has 2 nitrogen and oxygen atoms in total. The van der Waals surface area contributed by atoms with Crippen molar-refractivity contribution in [3.8, 4) is 0 Å². The lowest BCUT2D eigenvalue weighted by molar-refractivity contribution is 0.379. The Balaban J connectivity index is 4.47. The fourth-order valence-electron chi connectivity index (χ4n) is 0.749. The van der Waals surface area contributed by atoms with Crippen molar-refractivity contribution in [1.82, 2.24) is 0 Å². The summed E-state index contributed by atoms with van der Waals surface area (Å²) >= 11 is 0. The first-order valence-electron chi connectivity index (χ1n) is 6.71. The average molecular weight is 289 g/mol. The topological polar surface area (TPSA) is 18.5 Å². The van der Waals surface area contributed by atoms with Gasteiger partial charge in [0.15, 0.2) is 0 Å². The van der Waals surface area contributed by atoms with Crippen LogP contribution in [-0.4, -0.2) is 16.6 Å². The number of hydrogen-bond donors (Lipinski definition) is 0. The average Bonchev–Trinajstić information content (AvgIpc) is 2.08. The Morgan fingerprint density at radius 3 is 1.00 bits per heavy atom. The summed E-state index contributed by atoms with van der Waals surface area (Å²) in [5.74, 6) is 0. The van der Waals surface area contributed by atoms with Crippen molar-refractivity contribution >= 4 is 16.6 Å². The Bertz CT molecular complexity index is 264. The first-order valence-corrected chi connectivity index (χ1v) is 12.5. The van der Waals surface area contributed by atoms with E-state index in [0.29, 0.717) is 0 Å². The van der Waals surface area contributed by atoms with Crippen molar-refractivity contribution in [1.29, 1.82) is 0 Å². The molecular weight excluding hydrogens is 256 g/mol. The quantitative estimate of drug-likeness (QED) is 0.502. The third kappa shape index (κ3) is 4.80. The van der Waals surface area contributed by atoms with Crippen molar-refractivity contribution in [2.24, 2.45) is 0 Å². The van der Waals surface area contributed by atoms with Crippen LogP contribution in [0.2, 0.25) is 36.3 Å². The molecule has 0 rings (SSSR count). The minimum absolute atomic E-state index is 0.230. The fourth-order valence-corrected chi connectivity index (χ4v) is 2.25. The van der Waals surface area contributed by atoms with Gasteiger partial charge in [-0.2, -0.15) is 0 Å². The lowest BCUT2D eigenvalue weighted by Crippen LogP contribution is -2.40. The molecule has 0 aliphatic heterocycles. The van der Waals surface area contributed by atoms with Crippen LogP contribution in [0.25, 0.3) is 0 Å². The SMILES string of the molecule is CC(C)(C)[Si](C)(C)O/C=C\O[Si](C)(C)C(C)(C)C. The lowest BCUT2D eigenvalue weighted by Gasteiger charge is -2.36. The highest BCUT2D eigenvalue weighted by molar-refractivity contribution is 6.74.